The van der Waals surface area contributed by atoms with Crippen molar-refractivity contribution in [3.63, 3.8) is 0 Å². The Morgan fingerprint density at radius 1 is 1.21 bits per heavy atom. The molecule has 1 aromatic carbocycles. The van der Waals surface area contributed by atoms with Crippen LogP contribution in [0, 0.1) is 5.92 Å². The van der Waals surface area contributed by atoms with Gasteiger partial charge < -0.3 is 4.74 Å². The zero-order valence-corrected chi connectivity index (χ0v) is 10.5. The summed E-state index contributed by atoms with van der Waals surface area (Å²) in [6, 6.07) is 5.90. The van der Waals surface area contributed by atoms with E-state index in [4.69, 9.17) is 4.74 Å². The van der Waals surface area contributed by atoms with E-state index in [1.54, 1.807) is 6.92 Å². The highest BCUT2D eigenvalue weighted by Crippen LogP contribution is 2.43. The third-order valence-corrected chi connectivity index (χ3v) is 3.14. The Morgan fingerprint density at radius 3 is 2.21 bits per heavy atom. The van der Waals surface area contributed by atoms with Gasteiger partial charge in [0.1, 0.15) is 0 Å². The Balaban J connectivity index is 2.03. The van der Waals surface area contributed by atoms with E-state index in [0.29, 0.717) is 11.1 Å². The van der Waals surface area contributed by atoms with Crippen molar-refractivity contribution in [2.45, 2.75) is 25.7 Å². The molecule has 19 heavy (non-hydrogen) atoms. The lowest BCUT2D eigenvalue weighted by Crippen LogP contribution is -2.39. The summed E-state index contributed by atoms with van der Waals surface area (Å²) in [6.07, 6.45) is -0.767. The maximum Gasteiger partial charge on any atom is 0.338 e. The summed E-state index contributed by atoms with van der Waals surface area (Å²) < 4.78 is 30.2. The van der Waals surface area contributed by atoms with Gasteiger partial charge in [0.25, 0.3) is 0 Å². The summed E-state index contributed by atoms with van der Waals surface area (Å²) >= 11 is 0. The summed E-state index contributed by atoms with van der Waals surface area (Å²) in [5.74, 6) is -4.06. The number of hydrogen-bond donors (Lipinski definition) is 0. The van der Waals surface area contributed by atoms with Gasteiger partial charge in [-0.05, 0) is 19.1 Å². The highest BCUT2D eigenvalue weighted by Gasteiger charge is 2.48. The molecule has 1 aromatic rings. The molecule has 1 saturated carbocycles. The van der Waals surface area contributed by atoms with Crippen LogP contribution in [-0.2, 0) is 4.74 Å². The Hall–Kier alpha value is -1.78. The van der Waals surface area contributed by atoms with Crippen molar-refractivity contribution in [3.8, 4) is 0 Å². The van der Waals surface area contributed by atoms with E-state index in [-0.39, 0.29) is 25.2 Å². The molecule has 0 saturated heterocycles. The Kier molecular flexibility index (Phi) is 3.64. The van der Waals surface area contributed by atoms with Gasteiger partial charge in [-0.25, -0.2) is 13.6 Å². The van der Waals surface area contributed by atoms with Crippen LogP contribution in [0.3, 0.4) is 0 Å². The van der Waals surface area contributed by atoms with Crippen LogP contribution in [0.2, 0.25) is 0 Å². The number of Topliss-reactive ketones (excluding diaryl/α,β-unsaturated/α-hetero) is 1. The molecule has 1 aliphatic rings. The van der Waals surface area contributed by atoms with Gasteiger partial charge in [-0.1, -0.05) is 12.1 Å². The number of carbonyl (C=O) groups excluding carboxylic acids is 2. The third-order valence-electron chi connectivity index (χ3n) is 3.14. The van der Waals surface area contributed by atoms with Gasteiger partial charge in [0.15, 0.2) is 5.78 Å². The number of alkyl halides is 2. The maximum absolute atomic E-state index is 12.7. The predicted molar refractivity (Wildman–Crippen MR) is 64.4 cm³/mol. The highest BCUT2D eigenvalue weighted by atomic mass is 19.3. The summed E-state index contributed by atoms with van der Waals surface area (Å²) in [5, 5.41) is 0. The molecule has 1 aliphatic carbocycles. The molecule has 2 rings (SSSR count). The minimum Gasteiger partial charge on any atom is -0.462 e. The molecule has 0 spiro atoms. The van der Waals surface area contributed by atoms with Crippen LogP contribution in [0.1, 0.15) is 40.5 Å². The van der Waals surface area contributed by atoms with Crippen LogP contribution < -0.4 is 0 Å². The smallest absolute Gasteiger partial charge is 0.338 e. The van der Waals surface area contributed by atoms with Crippen LogP contribution in [0.5, 0.6) is 0 Å². The molecular weight excluding hydrogens is 254 g/mol. The van der Waals surface area contributed by atoms with Crippen LogP contribution >= 0.6 is 0 Å². The molecule has 3 nitrogen and oxygen atoms in total. The van der Waals surface area contributed by atoms with E-state index in [1.807, 2.05) is 0 Å². The second kappa shape index (κ2) is 5.07. The molecule has 0 atom stereocenters. The van der Waals surface area contributed by atoms with Gasteiger partial charge in [0.2, 0.25) is 5.92 Å². The fourth-order valence-corrected chi connectivity index (χ4v) is 2.07. The van der Waals surface area contributed by atoms with Crippen molar-refractivity contribution in [2.24, 2.45) is 5.92 Å². The van der Waals surface area contributed by atoms with Crippen LogP contribution in [0.25, 0.3) is 0 Å². The number of ketones is 1. The standard InChI is InChI=1S/C14H14F2O3/c1-2-19-13(18)10-5-3-9(4-6-10)12(17)11-7-14(15,16)8-11/h3-6,11H,2,7-8H2,1H3. The van der Waals surface area contributed by atoms with Gasteiger partial charge in [0, 0.05) is 24.3 Å². The van der Waals surface area contributed by atoms with Crippen LogP contribution in [0.4, 0.5) is 8.78 Å². The zero-order valence-electron chi connectivity index (χ0n) is 10.5. The maximum atomic E-state index is 12.7. The molecule has 5 heteroatoms. The molecule has 0 aliphatic heterocycles. The van der Waals surface area contributed by atoms with E-state index < -0.39 is 17.8 Å². The van der Waals surface area contributed by atoms with E-state index in [0.717, 1.165) is 0 Å². The molecule has 0 unspecified atom stereocenters. The third kappa shape index (κ3) is 2.97. The minimum atomic E-state index is -2.70. The first-order chi connectivity index (χ1) is 8.93. The number of hydrogen-bond acceptors (Lipinski definition) is 3. The number of benzene rings is 1. The average molecular weight is 268 g/mol. The van der Waals surface area contributed by atoms with Gasteiger partial charge in [-0.2, -0.15) is 0 Å². The van der Waals surface area contributed by atoms with E-state index >= 15 is 0 Å². The average Bonchev–Trinajstić information content (AvgIpc) is 2.35. The van der Waals surface area contributed by atoms with Gasteiger partial charge >= 0.3 is 5.97 Å². The number of ether oxygens (including phenoxy) is 1. The monoisotopic (exact) mass is 268 g/mol. The van der Waals surface area contributed by atoms with E-state index in [9.17, 15) is 18.4 Å². The predicted octanol–water partition coefficient (Wildman–Crippen LogP) is 3.09. The Labute approximate surface area is 109 Å². The zero-order chi connectivity index (χ0) is 14.0. The van der Waals surface area contributed by atoms with Gasteiger partial charge in [-0.15, -0.1) is 0 Å². The summed E-state index contributed by atoms with van der Waals surface area (Å²) in [5.41, 5.74) is 0.700. The minimum absolute atomic E-state index is 0.274. The van der Waals surface area contributed by atoms with Crippen molar-refractivity contribution < 1.29 is 23.1 Å². The molecule has 0 bridgehead atoms. The number of carbonyl (C=O) groups is 2. The Bertz CT molecular complexity index is 486. The fraction of sp³-hybridized carbons (Fsp3) is 0.429. The summed E-state index contributed by atoms with van der Waals surface area (Å²) in [6.45, 7) is 1.98. The first-order valence-electron chi connectivity index (χ1n) is 6.12. The van der Waals surface area contributed by atoms with Crippen molar-refractivity contribution in [1.29, 1.82) is 0 Å². The van der Waals surface area contributed by atoms with Gasteiger partial charge in [-0.3, -0.25) is 4.79 Å². The Morgan fingerprint density at radius 2 is 1.74 bits per heavy atom. The lowest BCUT2D eigenvalue weighted by atomic mass is 9.76. The molecule has 102 valence electrons. The van der Waals surface area contributed by atoms with E-state index in [1.165, 1.54) is 24.3 Å². The lowest BCUT2D eigenvalue weighted by Gasteiger charge is -2.33. The number of rotatable bonds is 4. The van der Waals surface area contributed by atoms with E-state index in [2.05, 4.69) is 0 Å². The molecule has 1 fully saturated rings. The molecule has 0 amide bonds. The van der Waals surface area contributed by atoms with Crippen molar-refractivity contribution in [3.05, 3.63) is 35.4 Å². The molecule has 0 heterocycles. The largest absolute Gasteiger partial charge is 0.462 e. The summed E-state index contributed by atoms with van der Waals surface area (Å²) in [7, 11) is 0. The number of esters is 1. The SMILES string of the molecule is CCOC(=O)c1ccc(C(=O)C2CC(F)(F)C2)cc1. The molecular formula is C14H14F2O3. The normalized spacial score (nSPS) is 17.6. The second-order valence-corrected chi connectivity index (χ2v) is 4.62. The first-order valence-corrected chi connectivity index (χ1v) is 6.12. The second-order valence-electron chi connectivity index (χ2n) is 4.62. The van der Waals surface area contributed by atoms with Crippen LogP contribution in [0.15, 0.2) is 24.3 Å². The highest BCUT2D eigenvalue weighted by molar-refractivity contribution is 5.99. The fourth-order valence-electron chi connectivity index (χ4n) is 2.07. The number of halogens is 2. The van der Waals surface area contributed by atoms with Crippen molar-refractivity contribution >= 4 is 11.8 Å². The van der Waals surface area contributed by atoms with Crippen molar-refractivity contribution in [2.75, 3.05) is 6.61 Å². The molecule has 0 N–H and O–H groups in total. The van der Waals surface area contributed by atoms with Gasteiger partial charge in [0.05, 0.1) is 12.2 Å². The van der Waals surface area contributed by atoms with Crippen molar-refractivity contribution in [1.82, 2.24) is 0 Å². The lowest BCUT2D eigenvalue weighted by molar-refractivity contribution is -0.0982. The van der Waals surface area contributed by atoms with Crippen LogP contribution in [-0.4, -0.2) is 24.3 Å². The quantitative estimate of drug-likeness (QED) is 0.622. The molecule has 0 radical (unpaired) electrons. The topological polar surface area (TPSA) is 43.4 Å². The summed E-state index contributed by atoms with van der Waals surface area (Å²) in [4.78, 5) is 23.3. The molecule has 0 aromatic heterocycles. The first kappa shape index (κ1) is 13.6.